The van der Waals surface area contributed by atoms with Gasteiger partial charge in [0.1, 0.15) is 11.4 Å². The largest absolute Gasteiger partial charge is 0.497 e. The van der Waals surface area contributed by atoms with Crippen LogP contribution in [0.15, 0.2) is 24.3 Å². The number of ether oxygens (including phenoxy) is 1. The highest BCUT2D eigenvalue weighted by atomic mass is 32.1. The second-order valence-corrected chi connectivity index (χ2v) is 9.66. The number of anilines is 2. The summed E-state index contributed by atoms with van der Waals surface area (Å²) in [6.45, 7) is 10.6. The summed E-state index contributed by atoms with van der Waals surface area (Å²) in [5.41, 5.74) is 1.64. The zero-order valence-electron chi connectivity index (χ0n) is 19.3. The molecule has 9 heteroatoms. The third-order valence-corrected chi connectivity index (χ3v) is 5.80. The summed E-state index contributed by atoms with van der Waals surface area (Å²) in [7, 11) is 3.52. The highest BCUT2D eigenvalue weighted by molar-refractivity contribution is 7.20. The molecule has 2 N–H and O–H groups in total. The van der Waals surface area contributed by atoms with E-state index in [4.69, 9.17) is 14.8 Å². The van der Waals surface area contributed by atoms with Crippen molar-refractivity contribution < 1.29 is 9.53 Å². The lowest BCUT2D eigenvalue weighted by Crippen LogP contribution is -2.39. The van der Waals surface area contributed by atoms with Crippen molar-refractivity contribution in [2.24, 2.45) is 0 Å². The van der Waals surface area contributed by atoms with Crippen molar-refractivity contribution >= 4 is 33.2 Å². The molecule has 31 heavy (non-hydrogen) atoms. The average Bonchev–Trinajstić information content (AvgIpc) is 3.26. The van der Waals surface area contributed by atoms with Crippen molar-refractivity contribution in [1.82, 2.24) is 19.9 Å². The molecule has 1 amide bonds. The smallest absolute Gasteiger partial charge is 0.239 e. The van der Waals surface area contributed by atoms with Crippen LogP contribution in [0.25, 0.3) is 16.2 Å². The minimum atomic E-state index is -0.178. The average molecular weight is 445 g/mol. The van der Waals surface area contributed by atoms with Crippen molar-refractivity contribution in [2.75, 3.05) is 30.9 Å². The lowest BCUT2D eigenvalue weighted by molar-refractivity contribution is -0.120. The SMILES string of the molecule is CC[C@@H](C)NC(=O)CN(C)c1nn2c(NC(C)(C)C)c(-c3ccc(OC)cc3)nc2s1. The minimum Gasteiger partial charge on any atom is -0.497 e. The molecule has 1 aromatic carbocycles. The molecule has 0 aliphatic carbocycles. The first kappa shape index (κ1) is 22.9. The fraction of sp³-hybridized carbons (Fsp3) is 0.500. The number of imidazole rings is 1. The first-order chi connectivity index (χ1) is 14.6. The van der Waals surface area contributed by atoms with Gasteiger partial charge in [-0.3, -0.25) is 4.79 Å². The number of carbonyl (C=O) groups excluding carboxylic acids is 1. The van der Waals surface area contributed by atoms with E-state index in [1.807, 2.05) is 47.7 Å². The van der Waals surface area contributed by atoms with Gasteiger partial charge >= 0.3 is 0 Å². The molecule has 3 aromatic rings. The van der Waals surface area contributed by atoms with Crippen LogP contribution in [0.3, 0.4) is 0 Å². The standard InChI is InChI=1S/C22H32N6O2S/c1-8-14(2)23-17(29)13-27(6)21-26-28-19(25-22(3,4)5)18(24-20(28)31-21)15-9-11-16(30-7)12-10-15/h9-12,14,25H,8,13H2,1-7H3,(H,23,29)/t14-/m1/s1. The predicted molar refractivity (Wildman–Crippen MR) is 127 cm³/mol. The van der Waals surface area contributed by atoms with E-state index in [-0.39, 0.29) is 24.0 Å². The molecule has 0 unspecified atom stereocenters. The molecule has 168 valence electrons. The van der Waals surface area contributed by atoms with E-state index in [2.05, 4.69) is 38.3 Å². The number of carbonyl (C=O) groups is 1. The van der Waals surface area contributed by atoms with Crippen molar-refractivity contribution in [3.05, 3.63) is 24.3 Å². The van der Waals surface area contributed by atoms with Gasteiger partial charge in [-0.15, -0.1) is 5.10 Å². The van der Waals surface area contributed by atoms with E-state index in [1.165, 1.54) is 11.3 Å². The maximum atomic E-state index is 12.3. The number of hydrogen-bond donors (Lipinski definition) is 2. The van der Waals surface area contributed by atoms with Crippen LogP contribution in [-0.4, -0.2) is 52.8 Å². The number of aromatic nitrogens is 3. The Morgan fingerprint density at radius 1 is 1.29 bits per heavy atom. The molecule has 8 nitrogen and oxygen atoms in total. The van der Waals surface area contributed by atoms with Crippen molar-refractivity contribution in [1.29, 1.82) is 0 Å². The number of likely N-dealkylation sites (N-methyl/N-ethyl adjacent to an activating group) is 1. The Hall–Kier alpha value is -2.81. The highest BCUT2D eigenvalue weighted by Gasteiger charge is 2.23. The van der Waals surface area contributed by atoms with Crippen LogP contribution in [0, 0.1) is 0 Å². The Bertz CT molecular complexity index is 1030. The number of hydrogen-bond acceptors (Lipinski definition) is 7. The van der Waals surface area contributed by atoms with Crippen LogP contribution in [0.2, 0.25) is 0 Å². The molecule has 1 atom stereocenters. The third-order valence-electron chi connectivity index (χ3n) is 4.78. The van der Waals surface area contributed by atoms with Gasteiger partial charge in [0.25, 0.3) is 0 Å². The van der Waals surface area contributed by atoms with Crippen LogP contribution < -0.4 is 20.3 Å². The van der Waals surface area contributed by atoms with Gasteiger partial charge < -0.3 is 20.3 Å². The number of fused-ring (bicyclic) bond motifs is 1. The van der Waals surface area contributed by atoms with Crippen LogP contribution in [0.5, 0.6) is 5.75 Å². The van der Waals surface area contributed by atoms with E-state index in [9.17, 15) is 4.79 Å². The van der Waals surface area contributed by atoms with Gasteiger partial charge in [-0.25, -0.2) is 4.98 Å². The summed E-state index contributed by atoms with van der Waals surface area (Å²) >= 11 is 1.46. The zero-order valence-corrected chi connectivity index (χ0v) is 20.1. The van der Waals surface area contributed by atoms with Gasteiger partial charge in [0.2, 0.25) is 16.0 Å². The van der Waals surface area contributed by atoms with Gasteiger partial charge in [-0.1, -0.05) is 18.3 Å². The zero-order chi connectivity index (χ0) is 22.8. The Morgan fingerprint density at radius 3 is 2.55 bits per heavy atom. The molecule has 2 heterocycles. The van der Waals surface area contributed by atoms with Gasteiger partial charge in [0.15, 0.2) is 5.82 Å². The maximum absolute atomic E-state index is 12.3. The molecule has 0 saturated heterocycles. The Balaban J connectivity index is 1.93. The molecule has 3 rings (SSSR count). The lowest BCUT2D eigenvalue weighted by Gasteiger charge is -2.22. The lowest BCUT2D eigenvalue weighted by atomic mass is 10.1. The van der Waals surface area contributed by atoms with Crippen molar-refractivity contribution in [2.45, 2.75) is 52.6 Å². The minimum absolute atomic E-state index is 0.0170. The van der Waals surface area contributed by atoms with E-state index in [0.29, 0.717) is 0 Å². The number of nitrogens with one attached hydrogen (secondary N) is 2. The molecular weight excluding hydrogens is 412 g/mol. The van der Waals surface area contributed by atoms with E-state index < -0.39 is 0 Å². The fourth-order valence-corrected chi connectivity index (χ4v) is 3.88. The van der Waals surface area contributed by atoms with Crippen LogP contribution in [0.4, 0.5) is 10.9 Å². The monoisotopic (exact) mass is 444 g/mol. The number of benzene rings is 1. The first-order valence-electron chi connectivity index (χ1n) is 10.4. The third kappa shape index (κ3) is 5.46. The predicted octanol–water partition coefficient (Wildman–Crippen LogP) is 4.03. The van der Waals surface area contributed by atoms with E-state index in [0.717, 1.165) is 39.3 Å². The Kier molecular flexibility index (Phi) is 6.74. The summed E-state index contributed by atoms with van der Waals surface area (Å²) < 4.78 is 7.10. The first-order valence-corrected chi connectivity index (χ1v) is 11.3. The molecule has 0 aliphatic rings. The summed E-state index contributed by atoms with van der Waals surface area (Å²) in [4.78, 5) is 19.7. The maximum Gasteiger partial charge on any atom is 0.239 e. The molecule has 0 radical (unpaired) electrons. The van der Waals surface area contributed by atoms with Crippen LogP contribution in [0.1, 0.15) is 41.0 Å². The van der Waals surface area contributed by atoms with Gasteiger partial charge in [0, 0.05) is 24.2 Å². The number of methoxy groups -OCH3 is 1. The number of amides is 1. The Morgan fingerprint density at radius 2 is 1.97 bits per heavy atom. The fourth-order valence-electron chi connectivity index (χ4n) is 3.02. The molecule has 0 spiro atoms. The van der Waals surface area contributed by atoms with Crippen LogP contribution >= 0.6 is 11.3 Å². The topological polar surface area (TPSA) is 83.8 Å². The van der Waals surface area contributed by atoms with Gasteiger partial charge in [-0.2, -0.15) is 4.52 Å². The van der Waals surface area contributed by atoms with Crippen molar-refractivity contribution in [3.63, 3.8) is 0 Å². The molecule has 2 aromatic heterocycles. The summed E-state index contributed by atoms with van der Waals surface area (Å²) in [5, 5.41) is 12.0. The van der Waals surface area contributed by atoms with Crippen molar-refractivity contribution in [3.8, 4) is 17.0 Å². The molecule has 0 saturated carbocycles. The number of nitrogens with zero attached hydrogens (tertiary/aromatic N) is 4. The molecule has 0 aliphatic heterocycles. The highest BCUT2D eigenvalue weighted by Crippen LogP contribution is 2.35. The van der Waals surface area contributed by atoms with Gasteiger partial charge in [-0.05, 0) is 58.4 Å². The van der Waals surface area contributed by atoms with E-state index >= 15 is 0 Å². The molecule has 0 bridgehead atoms. The molecular formula is C22H32N6O2S. The van der Waals surface area contributed by atoms with E-state index in [1.54, 1.807) is 7.11 Å². The molecule has 0 fully saturated rings. The second kappa shape index (κ2) is 9.13. The van der Waals surface area contributed by atoms with Crippen LogP contribution in [-0.2, 0) is 4.79 Å². The Labute approximate surface area is 187 Å². The summed E-state index contributed by atoms with van der Waals surface area (Å²) in [5.74, 6) is 1.61. The summed E-state index contributed by atoms with van der Waals surface area (Å²) in [6, 6.07) is 7.99. The normalized spacial score (nSPS) is 12.6. The quantitative estimate of drug-likeness (QED) is 0.546. The van der Waals surface area contributed by atoms with Gasteiger partial charge in [0.05, 0.1) is 13.7 Å². The summed E-state index contributed by atoms with van der Waals surface area (Å²) in [6.07, 6.45) is 0.899. The number of rotatable bonds is 8. The second-order valence-electron chi connectivity index (χ2n) is 8.72.